The van der Waals surface area contributed by atoms with Crippen molar-refractivity contribution in [2.75, 3.05) is 18.9 Å². The fourth-order valence-electron chi connectivity index (χ4n) is 4.43. The summed E-state index contributed by atoms with van der Waals surface area (Å²) >= 11 is 3.26. The first-order valence-corrected chi connectivity index (χ1v) is 17.0. The number of rotatable bonds is 10. The molecule has 6 rings (SSSR count). The van der Waals surface area contributed by atoms with E-state index in [1.54, 1.807) is 73.5 Å². The van der Waals surface area contributed by atoms with Crippen molar-refractivity contribution >= 4 is 33.7 Å². The first-order valence-electron chi connectivity index (χ1n) is 15.9. The summed E-state index contributed by atoms with van der Waals surface area (Å²) < 4.78 is 38.2. The molecule has 266 valence electrons. The summed E-state index contributed by atoms with van der Waals surface area (Å²) in [7, 11) is 0. The molecule has 0 radical (unpaired) electrons. The maximum atomic E-state index is 13.0. The second kappa shape index (κ2) is 21.6. The predicted octanol–water partition coefficient (Wildman–Crippen LogP) is 4.23. The van der Waals surface area contributed by atoms with Crippen LogP contribution in [-0.2, 0) is 27.6 Å². The van der Waals surface area contributed by atoms with E-state index in [9.17, 15) is 18.4 Å². The smallest absolute Gasteiger partial charge is 1.00 e. The normalized spacial score (nSPS) is 10.1. The Bertz CT molecular complexity index is 1990. The number of esters is 2. The van der Waals surface area contributed by atoms with Crippen molar-refractivity contribution in [3.05, 3.63) is 149 Å². The summed E-state index contributed by atoms with van der Waals surface area (Å²) in [5.41, 5.74) is 9.02. The minimum absolute atomic E-state index is 0. The van der Waals surface area contributed by atoms with Gasteiger partial charge in [-0.25, -0.2) is 37.7 Å². The number of hydrogen-bond donors (Lipinski definition) is 1. The Morgan fingerprint density at radius 3 is 1.67 bits per heavy atom. The van der Waals surface area contributed by atoms with Crippen LogP contribution in [0.4, 0.5) is 14.6 Å². The van der Waals surface area contributed by atoms with Gasteiger partial charge in [0.2, 0.25) is 0 Å². The largest absolute Gasteiger partial charge is 1.00 e. The van der Waals surface area contributed by atoms with Crippen LogP contribution in [0.1, 0.15) is 52.8 Å². The van der Waals surface area contributed by atoms with Crippen LogP contribution in [0.2, 0.25) is 0 Å². The van der Waals surface area contributed by atoms with Crippen molar-refractivity contribution < 1.29 is 58.8 Å². The van der Waals surface area contributed by atoms with E-state index < -0.39 is 11.9 Å². The number of hydrogen-bond acceptors (Lipinski definition) is 9. The fraction of sp³-hybridized carbons (Fsp3) is 0.189. The SMILES string of the molecule is CCOC(=O)c1cn(-c2ccccn2)nc1CCc1ccc(F)cc1.CCOC(=O)c1cn(-c2ccccn2)nc1N.Fc1ccc(CBr)cc1.[H-].[Na+]. The van der Waals surface area contributed by atoms with Gasteiger partial charge in [0.1, 0.15) is 22.8 Å². The van der Waals surface area contributed by atoms with Crippen LogP contribution in [0, 0.1) is 11.6 Å². The van der Waals surface area contributed by atoms with Gasteiger partial charge >= 0.3 is 41.5 Å². The number of carbonyl (C=O) groups is 2. The zero-order valence-electron chi connectivity index (χ0n) is 30.0. The van der Waals surface area contributed by atoms with E-state index in [1.807, 2.05) is 24.3 Å². The molecule has 6 aromatic rings. The van der Waals surface area contributed by atoms with E-state index in [1.165, 1.54) is 35.1 Å². The number of aromatic nitrogens is 6. The molecule has 2 N–H and O–H groups in total. The van der Waals surface area contributed by atoms with Crippen molar-refractivity contribution in [2.45, 2.75) is 32.0 Å². The van der Waals surface area contributed by atoms with Crippen LogP contribution >= 0.6 is 15.9 Å². The molecule has 4 heterocycles. The van der Waals surface area contributed by atoms with Crippen molar-refractivity contribution in [1.29, 1.82) is 0 Å². The summed E-state index contributed by atoms with van der Waals surface area (Å²) in [6.45, 7) is 4.09. The molecule has 0 amide bonds. The molecule has 0 unspecified atom stereocenters. The molecule has 0 spiro atoms. The number of carbonyl (C=O) groups excluding carboxylic acids is 2. The maximum Gasteiger partial charge on any atom is 1.00 e. The van der Waals surface area contributed by atoms with Gasteiger partial charge in [0.25, 0.3) is 0 Å². The van der Waals surface area contributed by atoms with Crippen molar-refractivity contribution in [1.82, 2.24) is 29.5 Å². The predicted molar refractivity (Wildman–Crippen MR) is 193 cm³/mol. The van der Waals surface area contributed by atoms with E-state index in [0.29, 0.717) is 48.9 Å². The summed E-state index contributed by atoms with van der Waals surface area (Å²) in [5.74, 6) is 0.0194. The summed E-state index contributed by atoms with van der Waals surface area (Å²) in [4.78, 5) is 32.1. The number of aryl methyl sites for hydroxylation is 2. The first-order chi connectivity index (χ1) is 24.7. The van der Waals surface area contributed by atoms with Gasteiger partial charge in [0, 0.05) is 30.1 Å². The molecular weight excluding hydrogens is 747 g/mol. The van der Waals surface area contributed by atoms with Crippen LogP contribution in [0.15, 0.2) is 110 Å². The molecule has 4 aromatic heterocycles. The Morgan fingerprint density at radius 1 is 0.712 bits per heavy atom. The van der Waals surface area contributed by atoms with Crippen LogP contribution in [0.5, 0.6) is 0 Å². The molecule has 0 atom stereocenters. The number of nitrogens with zero attached hydrogens (tertiary/aromatic N) is 6. The monoisotopic (exact) mass is 783 g/mol. The average Bonchev–Trinajstić information content (AvgIpc) is 3.77. The molecule has 52 heavy (non-hydrogen) atoms. The zero-order valence-corrected chi connectivity index (χ0v) is 32.5. The first kappa shape index (κ1) is 41.7. The summed E-state index contributed by atoms with van der Waals surface area (Å²) in [6.07, 6.45) is 7.64. The minimum atomic E-state index is -0.479. The standard InChI is InChI=1S/C19H18FN3O2.C11H12N4O2.C7H6BrF.Na.H/c1-2-25-19(24)16-13-23(18-5-3-4-12-21-18)22-17(16)11-8-14-6-9-15(20)10-7-14;1-2-17-11(16)8-7-15(14-10(8)12)9-5-3-4-6-13-9;8-5-6-1-3-7(9)4-2-6;;/h3-7,9-10,12-13H,2,8,11H2,1H3;3-7H,2H2,1H3,(H2,12,14);1-4H,5H2;;/q;;;+1;-1. The van der Waals surface area contributed by atoms with E-state index >= 15 is 0 Å². The third-order valence-electron chi connectivity index (χ3n) is 6.92. The van der Waals surface area contributed by atoms with Gasteiger partial charge in [0.15, 0.2) is 17.5 Å². The maximum absolute atomic E-state index is 13.0. The van der Waals surface area contributed by atoms with Gasteiger partial charge in [0.05, 0.1) is 18.9 Å². The van der Waals surface area contributed by atoms with Crippen LogP contribution in [0.25, 0.3) is 11.6 Å². The Kier molecular flexibility index (Phi) is 17.3. The number of nitrogens with two attached hydrogens (primary N) is 1. The Morgan fingerprint density at radius 2 is 1.19 bits per heavy atom. The third-order valence-corrected chi connectivity index (χ3v) is 7.57. The number of alkyl halides is 1. The molecule has 0 aliphatic rings. The number of pyridine rings is 2. The van der Waals surface area contributed by atoms with Gasteiger partial charge in [-0.1, -0.05) is 52.3 Å². The van der Waals surface area contributed by atoms with Gasteiger partial charge in [-0.2, -0.15) is 5.10 Å². The van der Waals surface area contributed by atoms with Crippen LogP contribution < -0.4 is 35.3 Å². The van der Waals surface area contributed by atoms with E-state index in [4.69, 9.17) is 15.2 Å². The van der Waals surface area contributed by atoms with E-state index in [-0.39, 0.29) is 54.0 Å². The molecule has 0 fully saturated rings. The Balaban J connectivity index is 0.000000300. The van der Waals surface area contributed by atoms with Gasteiger partial charge in [-0.3, -0.25) is 0 Å². The van der Waals surface area contributed by atoms with Crippen LogP contribution in [-0.4, -0.2) is 54.7 Å². The fourth-order valence-corrected chi connectivity index (χ4v) is 4.80. The van der Waals surface area contributed by atoms with Crippen molar-refractivity contribution in [3.63, 3.8) is 0 Å². The van der Waals surface area contributed by atoms with Crippen LogP contribution in [0.3, 0.4) is 0 Å². The van der Waals surface area contributed by atoms with Gasteiger partial charge < -0.3 is 16.6 Å². The topological polar surface area (TPSA) is 140 Å². The number of anilines is 1. The Labute approximate surface area is 332 Å². The van der Waals surface area contributed by atoms with Gasteiger partial charge in [-0.15, -0.1) is 5.10 Å². The second-order valence-electron chi connectivity index (χ2n) is 10.5. The third kappa shape index (κ3) is 12.5. The van der Waals surface area contributed by atoms with Gasteiger partial charge in [-0.05, 0) is 86.3 Å². The van der Waals surface area contributed by atoms with E-state index in [2.05, 4.69) is 36.1 Å². The van der Waals surface area contributed by atoms with Crippen molar-refractivity contribution in [2.24, 2.45) is 0 Å². The molecule has 15 heteroatoms. The molecule has 0 aliphatic carbocycles. The molecule has 11 nitrogen and oxygen atoms in total. The summed E-state index contributed by atoms with van der Waals surface area (Å²) in [6, 6.07) is 23.6. The quantitative estimate of drug-likeness (QED) is 0.123. The minimum Gasteiger partial charge on any atom is -1.00 e. The molecule has 0 saturated carbocycles. The Hall–Kier alpha value is -4.76. The molecular formula is C37H37BrF2N7NaO4. The number of halogens is 3. The average molecular weight is 785 g/mol. The summed E-state index contributed by atoms with van der Waals surface area (Å²) in [5, 5.41) is 9.30. The molecule has 0 aliphatic heterocycles. The van der Waals surface area contributed by atoms with E-state index in [0.717, 1.165) is 16.5 Å². The second-order valence-corrected chi connectivity index (χ2v) is 11.1. The number of nitrogen functional groups attached to an aromatic ring is 1. The molecule has 0 bridgehead atoms. The van der Waals surface area contributed by atoms with Crippen molar-refractivity contribution in [3.8, 4) is 11.6 Å². The molecule has 0 saturated heterocycles. The number of ether oxygens (including phenoxy) is 2. The number of benzene rings is 2. The zero-order chi connectivity index (χ0) is 36.6. The molecule has 2 aromatic carbocycles.